The lowest BCUT2D eigenvalue weighted by atomic mass is 9.95. The molecule has 4 rings (SSSR count). The Morgan fingerprint density at radius 2 is 1.33 bits per heavy atom. The number of nitrogens with zero attached hydrogens (tertiary/aromatic N) is 1. The Hall–Kier alpha value is -2.50. The standard InChI is InChI=1S/C29H35NO3/c1-23-22-32-29(33-23)18-17-28(31)27(19-24-11-5-2-6-12-24)30(20-25-13-7-3-8-14-25)21-26-15-9-4-10-16-26/h2-16,23,27-29,31H,17-22H2,1H3/t23?,27-,28+,29?/m0/s1. The van der Waals surface area contributed by atoms with Gasteiger partial charge in [0.2, 0.25) is 0 Å². The maximum atomic E-state index is 11.5. The Morgan fingerprint density at radius 1 is 0.818 bits per heavy atom. The van der Waals surface area contributed by atoms with Gasteiger partial charge >= 0.3 is 0 Å². The zero-order valence-corrected chi connectivity index (χ0v) is 19.4. The first kappa shape index (κ1) is 23.7. The van der Waals surface area contributed by atoms with E-state index >= 15 is 0 Å². The van der Waals surface area contributed by atoms with Crippen LogP contribution in [0.1, 0.15) is 36.5 Å². The minimum atomic E-state index is -0.499. The lowest BCUT2D eigenvalue weighted by Crippen LogP contribution is -2.44. The number of hydrogen-bond donors (Lipinski definition) is 1. The highest BCUT2D eigenvalue weighted by Crippen LogP contribution is 2.24. The summed E-state index contributed by atoms with van der Waals surface area (Å²) in [5.41, 5.74) is 3.72. The summed E-state index contributed by atoms with van der Waals surface area (Å²) in [6, 6.07) is 31.5. The molecule has 0 aromatic heterocycles. The Balaban J connectivity index is 1.56. The maximum Gasteiger partial charge on any atom is 0.158 e. The second kappa shape index (κ2) is 12.1. The molecule has 33 heavy (non-hydrogen) atoms. The summed E-state index contributed by atoms with van der Waals surface area (Å²) in [6.45, 7) is 4.20. The maximum absolute atomic E-state index is 11.5. The zero-order chi connectivity index (χ0) is 22.9. The lowest BCUT2D eigenvalue weighted by molar-refractivity contribution is -0.0709. The monoisotopic (exact) mass is 445 g/mol. The fourth-order valence-corrected chi connectivity index (χ4v) is 4.52. The van der Waals surface area contributed by atoms with Crippen molar-refractivity contribution in [2.24, 2.45) is 0 Å². The molecule has 4 heteroatoms. The lowest BCUT2D eigenvalue weighted by Gasteiger charge is -2.36. The SMILES string of the molecule is CC1COC(CC[C@@H](O)[C@H](Cc2ccccc2)N(Cc2ccccc2)Cc2ccccc2)O1. The van der Waals surface area contributed by atoms with Gasteiger partial charge in [-0.15, -0.1) is 0 Å². The van der Waals surface area contributed by atoms with Crippen molar-refractivity contribution in [1.29, 1.82) is 0 Å². The normalized spacial score (nSPS) is 20.1. The van der Waals surface area contributed by atoms with Gasteiger partial charge in [-0.1, -0.05) is 91.0 Å². The van der Waals surface area contributed by atoms with E-state index in [1.807, 2.05) is 25.1 Å². The average Bonchev–Trinajstić information content (AvgIpc) is 3.28. The van der Waals surface area contributed by atoms with Gasteiger partial charge in [-0.2, -0.15) is 0 Å². The van der Waals surface area contributed by atoms with Crippen LogP contribution in [-0.4, -0.2) is 41.2 Å². The smallest absolute Gasteiger partial charge is 0.158 e. The molecule has 174 valence electrons. The Morgan fingerprint density at radius 3 is 1.82 bits per heavy atom. The minimum absolute atomic E-state index is 0.0355. The van der Waals surface area contributed by atoms with E-state index in [1.54, 1.807) is 0 Å². The number of hydrogen-bond acceptors (Lipinski definition) is 4. The Labute approximate surface area is 197 Å². The summed E-state index contributed by atoms with van der Waals surface area (Å²) in [5.74, 6) is 0. The molecule has 1 heterocycles. The van der Waals surface area contributed by atoms with Crippen LogP contribution in [0.3, 0.4) is 0 Å². The van der Waals surface area contributed by atoms with E-state index in [0.29, 0.717) is 19.4 Å². The van der Waals surface area contributed by atoms with Gasteiger partial charge < -0.3 is 14.6 Å². The molecule has 1 N–H and O–H groups in total. The van der Waals surface area contributed by atoms with E-state index in [1.165, 1.54) is 16.7 Å². The van der Waals surface area contributed by atoms with Gasteiger partial charge in [0.15, 0.2) is 6.29 Å². The molecule has 1 aliphatic rings. The molecule has 3 aromatic carbocycles. The van der Waals surface area contributed by atoms with Crippen LogP contribution in [0.25, 0.3) is 0 Å². The van der Waals surface area contributed by atoms with Crippen molar-refractivity contribution in [1.82, 2.24) is 4.90 Å². The van der Waals surface area contributed by atoms with Gasteiger partial charge in [0.25, 0.3) is 0 Å². The van der Waals surface area contributed by atoms with Gasteiger partial charge in [-0.3, -0.25) is 4.90 Å². The fraction of sp³-hybridized carbons (Fsp3) is 0.379. The van der Waals surface area contributed by atoms with Gasteiger partial charge in [0.05, 0.1) is 18.8 Å². The number of ether oxygens (including phenoxy) is 2. The summed E-state index contributed by atoms with van der Waals surface area (Å²) in [4.78, 5) is 2.42. The molecule has 0 spiro atoms. The van der Waals surface area contributed by atoms with Crippen molar-refractivity contribution < 1.29 is 14.6 Å². The molecule has 1 saturated heterocycles. The van der Waals surface area contributed by atoms with Crippen molar-refractivity contribution in [3.8, 4) is 0 Å². The zero-order valence-electron chi connectivity index (χ0n) is 19.4. The van der Waals surface area contributed by atoms with Crippen LogP contribution in [0.2, 0.25) is 0 Å². The highest BCUT2D eigenvalue weighted by Gasteiger charge is 2.29. The molecule has 4 atom stereocenters. The van der Waals surface area contributed by atoms with Crippen molar-refractivity contribution in [3.63, 3.8) is 0 Å². The summed E-state index contributed by atoms with van der Waals surface area (Å²) in [6.07, 6.45) is 1.52. The topological polar surface area (TPSA) is 41.9 Å². The largest absolute Gasteiger partial charge is 0.391 e. The minimum Gasteiger partial charge on any atom is -0.391 e. The first-order valence-electron chi connectivity index (χ1n) is 12.0. The van der Waals surface area contributed by atoms with Crippen molar-refractivity contribution in [2.75, 3.05) is 6.61 Å². The molecule has 2 unspecified atom stereocenters. The summed E-state index contributed by atoms with van der Waals surface area (Å²) in [5, 5.41) is 11.5. The van der Waals surface area contributed by atoms with Gasteiger partial charge in [0.1, 0.15) is 0 Å². The van der Waals surface area contributed by atoms with Gasteiger partial charge in [-0.05, 0) is 36.5 Å². The molecule has 0 radical (unpaired) electrons. The summed E-state index contributed by atoms with van der Waals surface area (Å²) in [7, 11) is 0. The molecular formula is C29H35NO3. The molecule has 0 bridgehead atoms. The van der Waals surface area contributed by atoms with Crippen LogP contribution in [0.15, 0.2) is 91.0 Å². The van der Waals surface area contributed by atoms with Crippen molar-refractivity contribution in [3.05, 3.63) is 108 Å². The van der Waals surface area contributed by atoms with Crippen LogP contribution < -0.4 is 0 Å². The highest BCUT2D eigenvalue weighted by molar-refractivity contribution is 5.20. The molecule has 4 nitrogen and oxygen atoms in total. The predicted octanol–water partition coefficient (Wildman–Crippen LogP) is 5.20. The van der Waals surface area contributed by atoms with Crippen LogP contribution >= 0.6 is 0 Å². The van der Waals surface area contributed by atoms with E-state index in [4.69, 9.17) is 9.47 Å². The van der Waals surface area contributed by atoms with Crippen LogP contribution in [0.5, 0.6) is 0 Å². The van der Waals surface area contributed by atoms with E-state index in [2.05, 4.69) is 77.7 Å². The quantitative estimate of drug-likeness (QED) is 0.440. The third-order valence-corrected chi connectivity index (χ3v) is 6.26. The molecule has 0 saturated carbocycles. The van der Waals surface area contributed by atoms with Crippen molar-refractivity contribution in [2.45, 2.75) is 63.8 Å². The third-order valence-electron chi connectivity index (χ3n) is 6.26. The first-order valence-corrected chi connectivity index (χ1v) is 12.0. The number of aliphatic hydroxyl groups is 1. The molecule has 0 aliphatic carbocycles. The van der Waals surface area contributed by atoms with E-state index in [9.17, 15) is 5.11 Å². The van der Waals surface area contributed by atoms with E-state index in [0.717, 1.165) is 19.5 Å². The van der Waals surface area contributed by atoms with Crippen LogP contribution in [-0.2, 0) is 29.0 Å². The number of rotatable bonds is 11. The van der Waals surface area contributed by atoms with E-state index < -0.39 is 6.10 Å². The van der Waals surface area contributed by atoms with Crippen molar-refractivity contribution >= 4 is 0 Å². The number of aliphatic hydroxyl groups excluding tert-OH is 1. The molecular weight excluding hydrogens is 410 g/mol. The molecule has 0 amide bonds. The molecule has 3 aromatic rings. The number of benzene rings is 3. The first-order chi connectivity index (χ1) is 16.2. The molecule has 1 fully saturated rings. The van der Waals surface area contributed by atoms with Gasteiger partial charge in [0, 0.05) is 25.6 Å². The highest BCUT2D eigenvalue weighted by atomic mass is 16.7. The summed E-state index contributed by atoms with van der Waals surface area (Å²) < 4.78 is 11.5. The second-order valence-electron chi connectivity index (χ2n) is 8.99. The Bertz CT molecular complexity index is 893. The van der Waals surface area contributed by atoms with Crippen LogP contribution in [0.4, 0.5) is 0 Å². The van der Waals surface area contributed by atoms with E-state index in [-0.39, 0.29) is 18.4 Å². The third kappa shape index (κ3) is 7.24. The second-order valence-corrected chi connectivity index (χ2v) is 8.99. The molecule has 1 aliphatic heterocycles. The summed E-state index contributed by atoms with van der Waals surface area (Å²) >= 11 is 0. The fourth-order valence-electron chi connectivity index (χ4n) is 4.52. The van der Waals surface area contributed by atoms with Gasteiger partial charge in [-0.25, -0.2) is 0 Å². The predicted molar refractivity (Wildman–Crippen MR) is 132 cm³/mol. The van der Waals surface area contributed by atoms with Crippen LogP contribution in [0, 0.1) is 0 Å². The average molecular weight is 446 g/mol. The Kier molecular flexibility index (Phi) is 8.67.